The summed E-state index contributed by atoms with van der Waals surface area (Å²) >= 11 is 0. The zero-order valence-electron chi connectivity index (χ0n) is 14.8. The molecule has 0 atom stereocenters. The smallest absolute Gasteiger partial charge is 0.132 e. The van der Waals surface area contributed by atoms with E-state index in [9.17, 15) is 0 Å². The molecule has 1 aliphatic carbocycles. The molecular weight excluding hydrogens is 316 g/mol. The van der Waals surface area contributed by atoms with E-state index in [0.717, 1.165) is 80.2 Å². The van der Waals surface area contributed by atoms with Crippen molar-refractivity contribution in [2.45, 2.75) is 44.8 Å². The molecule has 0 unspecified atom stereocenters. The second kappa shape index (κ2) is 7.14. The molecule has 2 N–H and O–H groups in total. The number of aryl methyl sites for hydroxylation is 1. The number of hydrogen-bond acceptors (Lipinski definition) is 6. The van der Waals surface area contributed by atoms with Gasteiger partial charge in [0.15, 0.2) is 0 Å². The summed E-state index contributed by atoms with van der Waals surface area (Å²) in [6.07, 6.45) is 6.19. The Balaban J connectivity index is 1.67. The molecule has 1 aromatic carbocycles. The number of nitrogens with zero attached hydrogens (tertiary/aromatic N) is 3. The Morgan fingerprint density at radius 2 is 1.92 bits per heavy atom. The maximum absolute atomic E-state index is 6.39. The molecule has 1 aromatic heterocycles. The first kappa shape index (κ1) is 16.5. The molecule has 2 fully saturated rings. The van der Waals surface area contributed by atoms with Crippen LogP contribution >= 0.6 is 0 Å². The summed E-state index contributed by atoms with van der Waals surface area (Å²) < 4.78 is 11.9. The highest BCUT2D eigenvalue weighted by atomic mass is 16.5. The number of benzene rings is 1. The van der Waals surface area contributed by atoms with Crippen LogP contribution in [0.4, 0.5) is 5.69 Å². The normalized spacial score (nSPS) is 24.5. The quantitative estimate of drug-likeness (QED) is 0.923. The number of ether oxygens (including phenoxy) is 2. The fourth-order valence-corrected chi connectivity index (χ4v) is 3.67. The van der Waals surface area contributed by atoms with Gasteiger partial charge in [0.25, 0.3) is 0 Å². The van der Waals surface area contributed by atoms with Gasteiger partial charge in [-0.15, -0.1) is 0 Å². The van der Waals surface area contributed by atoms with E-state index >= 15 is 0 Å². The second-order valence-corrected chi connectivity index (χ2v) is 7.05. The van der Waals surface area contributed by atoms with Crippen molar-refractivity contribution < 1.29 is 9.47 Å². The van der Waals surface area contributed by atoms with E-state index in [0.29, 0.717) is 6.04 Å². The number of rotatable bonds is 3. The van der Waals surface area contributed by atoms with E-state index in [1.165, 1.54) is 0 Å². The van der Waals surface area contributed by atoms with Crippen LogP contribution in [0.1, 0.15) is 31.5 Å². The lowest BCUT2D eigenvalue weighted by Crippen LogP contribution is -2.36. The van der Waals surface area contributed by atoms with Crippen LogP contribution < -0.4 is 15.4 Å². The van der Waals surface area contributed by atoms with Crippen LogP contribution in [0.5, 0.6) is 5.75 Å². The predicted octanol–water partition coefficient (Wildman–Crippen LogP) is 2.42. The van der Waals surface area contributed by atoms with Crippen molar-refractivity contribution in [1.29, 1.82) is 0 Å². The van der Waals surface area contributed by atoms with Crippen molar-refractivity contribution in [3.8, 4) is 5.75 Å². The van der Waals surface area contributed by atoms with E-state index in [1.54, 1.807) is 0 Å². The van der Waals surface area contributed by atoms with Gasteiger partial charge in [-0.25, -0.2) is 9.97 Å². The largest absolute Gasteiger partial charge is 0.490 e. The van der Waals surface area contributed by atoms with Gasteiger partial charge in [0, 0.05) is 37.1 Å². The molecule has 25 heavy (non-hydrogen) atoms. The van der Waals surface area contributed by atoms with Crippen LogP contribution in [-0.2, 0) is 4.74 Å². The number of hydrogen-bond donors (Lipinski definition) is 1. The first-order chi connectivity index (χ1) is 12.2. The Hall–Kier alpha value is -1.92. The Bertz CT molecular complexity index is 738. The van der Waals surface area contributed by atoms with E-state index < -0.39 is 0 Å². The summed E-state index contributed by atoms with van der Waals surface area (Å²) in [6.45, 7) is 5.24. The Morgan fingerprint density at radius 3 is 2.68 bits per heavy atom. The van der Waals surface area contributed by atoms with Gasteiger partial charge in [-0.05, 0) is 38.7 Å². The lowest BCUT2D eigenvalue weighted by atomic mass is 9.93. The third kappa shape index (κ3) is 3.70. The van der Waals surface area contributed by atoms with Gasteiger partial charge in [-0.3, -0.25) is 0 Å². The molecular formula is C19H26N4O2. The van der Waals surface area contributed by atoms with Crippen LogP contribution in [0.3, 0.4) is 0 Å². The number of morpholine rings is 1. The van der Waals surface area contributed by atoms with Crippen molar-refractivity contribution in [1.82, 2.24) is 9.97 Å². The standard InChI is InChI=1S/C19H26N4O2/c1-13-21-12-17-18(22-13)10-15(23-6-8-24-9-7-23)11-19(17)25-16-4-2-14(20)3-5-16/h10-12,14,16H,2-9,20H2,1H3/t14-,16+. The summed E-state index contributed by atoms with van der Waals surface area (Å²) in [4.78, 5) is 11.3. The van der Waals surface area contributed by atoms with Gasteiger partial charge in [-0.1, -0.05) is 0 Å². The van der Waals surface area contributed by atoms with Crippen molar-refractivity contribution in [3.63, 3.8) is 0 Å². The fourth-order valence-electron chi connectivity index (χ4n) is 3.67. The number of nitrogens with two attached hydrogens (primary N) is 1. The van der Waals surface area contributed by atoms with E-state index in [-0.39, 0.29) is 6.10 Å². The third-order valence-corrected chi connectivity index (χ3v) is 5.16. The monoisotopic (exact) mass is 342 g/mol. The van der Waals surface area contributed by atoms with E-state index in [2.05, 4.69) is 27.0 Å². The summed E-state index contributed by atoms with van der Waals surface area (Å²) in [7, 11) is 0. The number of fused-ring (bicyclic) bond motifs is 1. The minimum Gasteiger partial charge on any atom is -0.490 e. The minimum absolute atomic E-state index is 0.226. The lowest BCUT2D eigenvalue weighted by molar-refractivity contribution is 0.122. The van der Waals surface area contributed by atoms with Gasteiger partial charge >= 0.3 is 0 Å². The molecule has 1 saturated heterocycles. The van der Waals surface area contributed by atoms with Crippen molar-refractivity contribution in [2.24, 2.45) is 5.73 Å². The molecule has 0 spiro atoms. The Labute approximate surface area is 148 Å². The zero-order chi connectivity index (χ0) is 17.2. The second-order valence-electron chi connectivity index (χ2n) is 7.05. The van der Waals surface area contributed by atoms with Crippen LogP contribution in [0.25, 0.3) is 10.9 Å². The number of anilines is 1. The molecule has 1 aliphatic heterocycles. The molecule has 6 heteroatoms. The highest BCUT2D eigenvalue weighted by molar-refractivity contribution is 5.88. The molecule has 2 heterocycles. The van der Waals surface area contributed by atoms with Gasteiger partial charge < -0.3 is 20.1 Å². The first-order valence-corrected chi connectivity index (χ1v) is 9.21. The number of aromatic nitrogens is 2. The molecule has 0 bridgehead atoms. The van der Waals surface area contributed by atoms with Crippen molar-refractivity contribution in [2.75, 3.05) is 31.2 Å². The molecule has 4 rings (SSSR count). The average Bonchev–Trinajstić information content (AvgIpc) is 2.64. The summed E-state index contributed by atoms with van der Waals surface area (Å²) in [5, 5.41) is 0.984. The molecule has 6 nitrogen and oxygen atoms in total. The molecule has 2 aliphatic rings. The Morgan fingerprint density at radius 1 is 1.16 bits per heavy atom. The molecule has 134 valence electrons. The first-order valence-electron chi connectivity index (χ1n) is 9.21. The maximum atomic E-state index is 6.39. The SMILES string of the molecule is Cc1ncc2c(O[C@H]3CC[C@@H](N)CC3)cc(N3CCOCC3)cc2n1. The fraction of sp³-hybridized carbons (Fsp3) is 0.579. The van der Waals surface area contributed by atoms with Gasteiger partial charge in [-0.2, -0.15) is 0 Å². The molecule has 0 radical (unpaired) electrons. The van der Waals surface area contributed by atoms with Crippen molar-refractivity contribution >= 4 is 16.6 Å². The van der Waals surface area contributed by atoms with Crippen LogP contribution in [-0.4, -0.2) is 48.4 Å². The summed E-state index contributed by atoms with van der Waals surface area (Å²) in [5.41, 5.74) is 8.12. The Kier molecular flexibility index (Phi) is 4.72. The maximum Gasteiger partial charge on any atom is 0.132 e. The van der Waals surface area contributed by atoms with Crippen LogP contribution in [0.15, 0.2) is 18.3 Å². The highest BCUT2D eigenvalue weighted by Gasteiger charge is 2.22. The minimum atomic E-state index is 0.226. The van der Waals surface area contributed by atoms with Gasteiger partial charge in [0.05, 0.1) is 30.2 Å². The van der Waals surface area contributed by atoms with Crippen LogP contribution in [0.2, 0.25) is 0 Å². The van der Waals surface area contributed by atoms with Crippen LogP contribution in [0, 0.1) is 6.92 Å². The summed E-state index contributed by atoms with van der Waals surface area (Å²) in [5.74, 6) is 1.67. The van der Waals surface area contributed by atoms with E-state index in [1.807, 2.05) is 13.1 Å². The summed E-state index contributed by atoms with van der Waals surface area (Å²) in [6, 6.07) is 4.60. The van der Waals surface area contributed by atoms with Crippen molar-refractivity contribution in [3.05, 3.63) is 24.2 Å². The molecule has 2 aromatic rings. The van der Waals surface area contributed by atoms with Gasteiger partial charge in [0.1, 0.15) is 11.6 Å². The third-order valence-electron chi connectivity index (χ3n) is 5.16. The highest BCUT2D eigenvalue weighted by Crippen LogP contribution is 2.33. The average molecular weight is 342 g/mol. The lowest BCUT2D eigenvalue weighted by Gasteiger charge is -2.30. The predicted molar refractivity (Wildman–Crippen MR) is 98.2 cm³/mol. The van der Waals surface area contributed by atoms with E-state index in [4.69, 9.17) is 15.2 Å². The van der Waals surface area contributed by atoms with Gasteiger partial charge in [0.2, 0.25) is 0 Å². The molecule has 0 amide bonds. The topological polar surface area (TPSA) is 73.5 Å². The molecule has 1 saturated carbocycles. The zero-order valence-corrected chi connectivity index (χ0v) is 14.8.